The zero-order valence-corrected chi connectivity index (χ0v) is 16.8. The highest BCUT2D eigenvalue weighted by Crippen LogP contribution is 2.13. The molecule has 1 aromatic carbocycles. The average Bonchev–Trinajstić information content (AvgIpc) is 3.16. The fourth-order valence-corrected chi connectivity index (χ4v) is 3.55. The van der Waals surface area contributed by atoms with Crippen LogP contribution in [-0.2, 0) is 6.42 Å². The van der Waals surface area contributed by atoms with Gasteiger partial charge in [0, 0.05) is 38.9 Å². The summed E-state index contributed by atoms with van der Waals surface area (Å²) in [6, 6.07) is 8.25. The van der Waals surface area contributed by atoms with Crippen LogP contribution in [0.3, 0.4) is 0 Å². The molecule has 29 heavy (non-hydrogen) atoms. The van der Waals surface area contributed by atoms with Crippen LogP contribution in [0, 0.1) is 6.92 Å². The lowest BCUT2D eigenvalue weighted by Gasteiger charge is -2.33. The number of aromatic nitrogens is 3. The number of H-pyrrole nitrogens is 1. The first-order valence-electron chi connectivity index (χ1n) is 9.89. The van der Waals surface area contributed by atoms with Crippen molar-refractivity contribution in [2.24, 2.45) is 0 Å². The summed E-state index contributed by atoms with van der Waals surface area (Å²) in [4.78, 5) is 34.2. The fourth-order valence-electron chi connectivity index (χ4n) is 3.55. The van der Waals surface area contributed by atoms with Gasteiger partial charge in [-0.3, -0.25) is 14.7 Å². The normalized spacial score (nSPS) is 15.0. The van der Waals surface area contributed by atoms with Crippen molar-refractivity contribution in [2.45, 2.75) is 13.3 Å². The Bertz CT molecular complexity index is 1060. The number of nitrogens with one attached hydrogen (secondary N) is 2. The van der Waals surface area contributed by atoms with Gasteiger partial charge in [-0.05, 0) is 26.0 Å². The monoisotopic (exact) mass is 394 g/mol. The standard InChI is InChI=1S/C21H26N6O2/c1-15-3-5-16(6-4-15)7-8-22-20(28)17-13-24-27-19(17)23-14-18(21(27)29)26-11-9-25(2)10-12-26/h3-6,13-14,24H,7-12H2,1-2H3,(H,22,28). The molecule has 8 heteroatoms. The summed E-state index contributed by atoms with van der Waals surface area (Å²) >= 11 is 0. The molecule has 2 N–H and O–H groups in total. The number of rotatable bonds is 5. The molecular weight excluding hydrogens is 368 g/mol. The Hall–Kier alpha value is -3.13. The molecule has 3 heterocycles. The molecule has 3 aromatic rings. The first-order valence-corrected chi connectivity index (χ1v) is 9.89. The highest BCUT2D eigenvalue weighted by molar-refractivity contribution is 5.99. The van der Waals surface area contributed by atoms with Gasteiger partial charge < -0.3 is 15.1 Å². The predicted molar refractivity (Wildman–Crippen MR) is 113 cm³/mol. The van der Waals surface area contributed by atoms with Crippen LogP contribution in [0.25, 0.3) is 5.65 Å². The van der Waals surface area contributed by atoms with Gasteiger partial charge in [-0.15, -0.1) is 0 Å². The third-order valence-electron chi connectivity index (χ3n) is 5.43. The van der Waals surface area contributed by atoms with E-state index in [0.717, 1.165) is 32.6 Å². The van der Waals surface area contributed by atoms with Gasteiger partial charge in [-0.2, -0.15) is 4.52 Å². The fraction of sp³-hybridized carbons (Fsp3) is 0.381. The molecule has 4 rings (SSSR count). The molecule has 0 bridgehead atoms. The first kappa shape index (κ1) is 19.2. The number of carbonyl (C=O) groups excluding carboxylic acids is 1. The molecular formula is C21H26N6O2. The molecule has 1 fully saturated rings. The highest BCUT2D eigenvalue weighted by atomic mass is 16.2. The second-order valence-corrected chi connectivity index (χ2v) is 7.58. The van der Waals surface area contributed by atoms with Crippen molar-refractivity contribution in [3.05, 3.63) is 63.7 Å². The van der Waals surface area contributed by atoms with Crippen molar-refractivity contribution in [3.8, 4) is 0 Å². The van der Waals surface area contributed by atoms with E-state index in [-0.39, 0.29) is 11.5 Å². The lowest BCUT2D eigenvalue weighted by Crippen LogP contribution is -2.46. The van der Waals surface area contributed by atoms with Crippen molar-refractivity contribution < 1.29 is 4.79 Å². The minimum atomic E-state index is -0.241. The number of hydrogen-bond donors (Lipinski definition) is 2. The number of anilines is 1. The molecule has 0 atom stereocenters. The number of hydrogen-bond acceptors (Lipinski definition) is 5. The van der Waals surface area contributed by atoms with Gasteiger partial charge in [-0.1, -0.05) is 29.8 Å². The number of carbonyl (C=O) groups is 1. The maximum absolute atomic E-state index is 12.9. The molecule has 8 nitrogen and oxygen atoms in total. The van der Waals surface area contributed by atoms with E-state index in [1.165, 1.54) is 15.6 Å². The van der Waals surface area contributed by atoms with Gasteiger partial charge in [0.15, 0.2) is 5.65 Å². The van der Waals surface area contributed by atoms with E-state index in [1.807, 2.05) is 11.8 Å². The summed E-state index contributed by atoms with van der Waals surface area (Å²) in [6.07, 6.45) is 3.87. The Morgan fingerprint density at radius 3 is 2.62 bits per heavy atom. The van der Waals surface area contributed by atoms with Crippen molar-refractivity contribution in [3.63, 3.8) is 0 Å². The highest BCUT2D eigenvalue weighted by Gasteiger charge is 2.21. The first-order chi connectivity index (χ1) is 14.0. The molecule has 0 spiro atoms. The van der Waals surface area contributed by atoms with Crippen LogP contribution in [0.5, 0.6) is 0 Å². The Morgan fingerprint density at radius 2 is 1.90 bits per heavy atom. The third-order valence-corrected chi connectivity index (χ3v) is 5.43. The lowest BCUT2D eigenvalue weighted by atomic mass is 10.1. The maximum Gasteiger partial charge on any atom is 0.296 e. The third kappa shape index (κ3) is 4.02. The SMILES string of the molecule is Cc1ccc(CCNC(=O)c2c[nH]n3c(=O)c(N4CCN(C)CC4)cnc23)cc1. The Labute approximate surface area is 169 Å². The largest absolute Gasteiger partial charge is 0.363 e. The summed E-state index contributed by atoms with van der Waals surface area (Å²) in [5, 5.41) is 5.80. The van der Waals surface area contributed by atoms with Crippen LogP contribution < -0.4 is 15.8 Å². The van der Waals surface area contributed by atoms with E-state index in [0.29, 0.717) is 23.4 Å². The molecule has 2 aromatic heterocycles. The van der Waals surface area contributed by atoms with Crippen LogP contribution in [-0.4, -0.2) is 65.2 Å². The van der Waals surface area contributed by atoms with Gasteiger partial charge in [-0.25, -0.2) is 4.98 Å². The van der Waals surface area contributed by atoms with Crippen molar-refractivity contribution in [2.75, 3.05) is 44.7 Å². The van der Waals surface area contributed by atoms with E-state index in [4.69, 9.17) is 0 Å². The topological polar surface area (TPSA) is 85.7 Å². The summed E-state index contributed by atoms with van der Waals surface area (Å²) < 4.78 is 1.35. The number of amides is 1. The van der Waals surface area contributed by atoms with Crippen molar-refractivity contribution in [1.29, 1.82) is 0 Å². The lowest BCUT2D eigenvalue weighted by molar-refractivity contribution is 0.0955. The summed E-state index contributed by atoms with van der Waals surface area (Å²) in [5.74, 6) is -0.241. The van der Waals surface area contributed by atoms with Gasteiger partial charge >= 0.3 is 0 Å². The zero-order valence-electron chi connectivity index (χ0n) is 16.8. The van der Waals surface area contributed by atoms with E-state index in [2.05, 4.69) is 51.6 Å². The van der Waals surface area contributed by atoms with E-state index in [9.17, 15) is 9.59 Å². The second-order valence-electron chi connectivity index (χ2n) is 7.58. The van der Waals surface area contributed by atoms with Crippen LogP contribution in [0.1, 0.15) is 21.5 Å². The van der Waals surface area contributed by atoms with Gasteiger partial charge in [0.2, 0.25) is 0 Å². The van der Waals surface area contributed by atoms with Gasteiger partial charge in [0.05, 0.1) is 6.20 Å². The summed E-state index contributed by atoms with van der Waals surface area (Å²) in [5.41, 5.74) is 3.48. The molecule has 1 aliphatic heterocycles. The molecule has 0 radical (unpaired) electrons. The Balaban J connectivity index is 1.46. The van der Waals surface area contributed by atoms with Crippen LogP contribution >= 0.6 is 0 Å². The second kappa shape index (κ2) is 8.08. The van der Waals surface area contributed by atoms with Crippen LogP contribution in [0.2, 0.25) is 0 Å². The quantitative estimate of drug-likeness (QED) is 0.676. The average molecular weight is 394 g/mol. The van der Waals surface area contributed by atoms with E-state index in [1.54, 1.807) is 12.4 Å². The number of aryl methyl sites for hydroxylation is 1. The predicted octanol–water partition coefficient (Wildman–Crippen LogP) is 1.06. The number of piperazine rings is 1. The molecule has 1 amide bonds. The number of benzene rings is 1. The van der Waals surface area contributed by atoms with E-state index < -0.39 is 0 Å². The molecule has 1 saturated heterocycles. The molecule has 152 valence electrons. The molecule has 0 saturated carbocycles. The molecule has 0 aliphatic carbocycles. The number of fused-ring (bicyclic) bond motifs is 1. The summed E-state index contributed by atoms with van der Waals surface area (Å²) in [6.45, 7) is 5.94. The van der Waals surface area contributed by atoms with Crippen LogP contribution in [0.15, 0.2) is 41.5 Å². The summed E-state index contributed by atoms with van der Waals surface area (Å²) in [7, 11) is 2.07. The van der Waals surface area contributed by atoms with E-state index >= 15 is 0 Å². The minimum Gasteiger partial charge on any atom is -0.363 e. The van der Waals surface area contributed by atoms with Gasteiger partial charge in [0.25, 0.3) is 11.5 Å². The van der Waals surface area contributed by atoms with Crippen molar-refractivity contribution >= 4 is 17.2 Å². The molecule has 0 unspecified atom stereocenters. The van der Waals surface area contributed by atoms with Gasteiger partial charge in [0.1, 0.15) is 11.3 Å². The number of nitrogens with zero attached hydrogens (tertiary/aromatic N) is 4. The maximum atomic E-state index is 12.9. The van der Waals surface area contributed by atoms with Crippen LogP contribution in [0.4, 0.5) is 5.69 Å². The zero-order chi connectivity index (χ0) is 20.4. The Kier molecular flexibility index (Phi) is 5.35. The number of aromatic amines is 1. The smallest absolute Gasteiger partial charge is 0.296 e. The number of likely N-dealkylation sites (N-methyl/N-ethyl adjacent to an activating group) is 1. The van der Waals surface area contributed by atoms with Crippen molar-refractivity contribution in [1.82, 2.24) is 24.8 Å². The Morgan fingerprint density at radius 1 is 1.17 bits per heavy atom. The minimum absolute atomic E-state index is 0.182. The molecule has 1 aliphatic rings.